The first-order valence-electron chi connectivity index (χ1n) is 6.11. The molecule has 0 aliphatic heterocycles. The summed E-state index contributed by atoms with van der Waals surface area (Å²) in [5, 5.41) is 4.41. The minimum Gasteiger partial charge on any atom is -0.312 e. The number of hydrogen-bond donors (Lipinski definition) is 1. The maximum Gasteiger partial charge on any atom is 0.0438 e. The van der Waals surface area contributed by atoms with Crippen molar-refractivity contribution in [3.05, 3.63) is 34.3 Å². The van der Waals surface area contributed by atoms with Gasteiger partial charge in [-0.1, -0.05) is 30.7 Å². The Morgan fingerprint density at radius 3 is 2.69 bits per heavy atom. The lowest BCUT2D eigenvalue weighted by Crippen LogP contribution is -2.23. The normalized spacial score (nSPS) is 17.4. The summed E-state index contributed by atoms with van der Waals surface area (Å²) in [6.07, 6.45) is 4.09. The van der Waals surface area contributed by atoms with Crippen LogP contribution in [-0.4, -0.2) is 6.54 Å². The highest BCUT2D eigenvalue weighted by molar-refractivity contribution is 6.31. The van der Waals surface area contributed by atoms with Crippen LogP contribution in [0.2, 0.25) is 5.02 Å². The van der Waals surface area contributed by atoms with Gasteiger partial charge in [-0.05, 0) is 48.8 Å². The Morgan fingerprint density at radius 1 is 1.38 bits per heavy atom. The van der Waals surface area contributed by atoms with Gasteiger partial charge in [0.2, 0.25) is 0 Å². The molecule has 0 atom stereocenters. The largest absolute Gasteiger partial charge is 0.312 e. The molecule has 0 unspecified atom stereocenters. The van der Waals surface area contributed by atoms with E-state index in [0.29, 0.717) is 5.41 Å². The molecule has 2 rings (SSSR count). The molecule has 0 spiro atoms. The van der Waals surface area contributed by atoms with Gasteiger partial charge in [0.25, 0.3) is 0 Å². The van der Waals surface area contributed by atoms with Gasteiger partial charge in [0.05, 0.1) is 0 Å². The summed E-state index contributed by atoms with van der Waals surface area (Å²) in [7, 11) is 0. The molecular weight excluding hydrogens is 218 g/mol. The van der Waals surface area contributed by atoms with Crippen molar-refractivity contribution in [2.45, 2.75) is 39.7 Å². The quantitative estimate of drug-likeness (QED) is 0.818. The zero-order chi connectivity index (χ0) is 11.6. The summed E-state index contributed by atoms with van der Waals surface area (Å²) in [6.45, 7) is 6.41. The third-order valence-corrected chi connectivity index (χ3v) is 4.18. The predicted molar refractivity (Wildman–Crippen MR) is 69.9 cm³/mol. The Morgan fingerprint density at radius 2 is 2.12 bits per heavy atom. The highest BCUT2D eigenvalue weighted by Crippen LogP contribution is 2.47. The van der Waals surface area contributed by atoms with Crippen molar-refractivity contribution >= 4 is 11.6 Å². The van der Waals surface area contributed by atoms with Crippen LogP contribution in [0.4, 0.5) is 0 Å². The van der Waals surface area contributed by atoms with E-state index in [1.807, 2.05) is 6.92 Å². The predicted octanol–water partition coefficient (Wildman–Crippen LogP) is 3.93. The third-order valence-electron chi connectivity index (χ3n) is 3.77. The van der Waals surface area contributed by atoms with E-state index >= 15 is 0 Å². The number of rotatable bonds is 5. The molecule has 0 radical (unpaired) electrons. The van der Waals surface area contributed by atoms with Gasteiger partial charge in [0.1, 0.15) is 0 Å². The van der Waals surface area contributed by atoms with Crippen LogP contribution in [0, 0.1) is 12.3 Å². The van der Waals surface area contributed by atoms with E-state index < -0.39 is 0 Å². The summed E-state index contributed by atoms with van der Waals surface area (Å²) in [5.74, 6) is 0. The Labute approximate surface area is 103 Å². The molecule has 0 aromatic heterocycles. The van der Waals surface area contributed by atoms with Crippen molar-refractivity contribution in [2.24, 2.45) is 5.41 Å². The minimum atomic E-state index is 0.620. The molecule has 0 bridgehead atoms. The Hall–Kier alpha value is -0.530. The van der Waals surface area contributed by atoms with Crippen molar-refractivity contribution in [1.82, 2.24) is 5.32 Å². The van der Waals surface area contributed by atoms with Gasteiger partial charge < -0.3 is 5.32 Å². The standard InChI is InChI=1S/C14H20ClN/c1-3-14(6-7-14)10-16-9-12-5-4-11(2)13(15)8-12/h4-5,8,16H,3,6-7,9-10H2,1-2H3. The molecule has 0 amide bonds. The summed E-state index contributed by atoms with van der Waals surface area (Å²) < 4.78 is 0. The highest BCUT2D eigenvalue weighted by atomic mass is 35.5. The minimum absolute atomic E-state index is 0.620. The smallest absolute Gasteiger partial charge is 0.0438 e. The average Bonchev–Trinajstić information content (AvgIpc) is 3.04. The molecule has 1 saturated carbocycles. The summed E-state index contributed by atoms with van der Waals surface area (Å²) in [4.78, 5) is 0. The summed E-state index contributed by atoms with van der Waals surface area (Å²) >= 11 is 6.09. The van der Waals surface area contributed by atoms with E-state index in [4.69, 9.17) is 11.6 Å². The van der Waals surface area contributed by atoms with Gasteiger partial charge in [-0.25, -0.2) is 0 Å². The van der Waals surface area contributed by atoms with Crippen LogP contribution in [0.15, 0.2) is 18.2 Å². The molecular formula is C14H20ClN. The van der Waals surface area contributed by atoms with Gasteiger partial charge in [0.15, 0.2) is 0 Å². The molecule has 1 fully saturated rings. The molecule has 0 saturated heterocycles. The number of hydrogen-bond acceptors (Lipinski definition) is 1. The topological polar surface area (TPSA) is 12.0 Å². The van der Waals surface area contributed by atoms with Gasteiger partial charge in [-0.15, -0.1) is 0 Å². The van der Waals surface area contributed by atoms with E-state index in [9.17, 15) is 0 Å². The molecule has 1 aromatic rings. The van der Waals surface area contributed by atoms with Crippen molar-refractivity contribution in [3.63, 3.8) is 0 Å². The summed E-state index contributed by atoms with van der Waals surface area (Å²) in [5.41, 5.74) is 3.05. The van der Waals surface area contributed by atoms with Crippen molar-refractivity contribution in [3.8, 4) is 0 Å². The molecule has 88 valence electrons. The van der Waals surface area contributed by atoms with Crippen LogP contribution in [0.25, 0.3) is 0 Å². The van der Waals surface area contributed by atoms with Crippen molar-refractivity contribution in [1.29, 1.82) is 0 Å². The second-order valence-electron chi connectivity index (χ2n) is 5.04. The number of benzene rings is 1. The van der Waals surface area contributed by atoms with Crippen LogP contribution in [0.1, 0.15) is 37.3 Å². The van der Waals surface area contributed by atoms with Crippen LogP contribution in [0.5, 0.6) is 0 Å². The zero-order valence-electron chi connectivity index (χ0n) is 10.1. The van der Waals surface area contributed by atoms with Crippen LogP contribution in [0.3, 0.4) is 0 Å². The van der Waals surface area contributed by atoms with E-state index in [0.717, 1.165) is 23.7 Å². The first-order chi connectivity index (χ1) is 7.65. The van der Waals surface area contributed by atoms with Crippen LogP contribution < -0.4 is 5.32 Å². The molecule has 0 heterocycles. The lowest BCUT2D eigenvalue weighted by molar-refractivity contribution is 0.443. The highest BCUT2D eigenvalue weighted by Gasteiger charge is 2.39. The zero-order valence-corrected chi connectivity index (χ0v) is 10.9. The maximum atomic E-state index is 6.09. The van der Waals surface area contributed by atoms with Crippen molar-refractivity contribution in [2.75, 3.05) is 6.54 Å². The first kappa shape index (κ1) is 11.9. The van der Waals surface area contributed by atoms with Crippen LogP contribution >= 0.6 is 11.6 Å². The van der Waals surface area contributed by atoms with Crippen molar-refractivity contribution < 1.29 is 0 Å². The fourth-order valence-corrected chi connectivity index (χ4v) is 2.25. The molecule has 1 aromatic carbocycles. The molecule has 2 heteroatoms. The number of aryl methyl sites for hydroxylation is 1. The second kappa shape index (κ2) is 4.77. The molecule has 1 nitrogen and oxygen atoms in total. The Balaban J connectivity index is 1.83. The SMILES string of the molecule is CCC1(CNCc2ccc(C)c(Cl)c2)CC1. The van der Waals surface area contributed by atoms with E-state index in [1.165, 1.54) is 24.8 Å². The van der Waals surface area contributed by atoms with Gasteiger partial charge in [0, 0.05) is 18.1 Å². The fourth-order valence-electron chi connectivity index (χ4n) is 2.05. The number of nitrogens with one attached hydrogen (secondary N) is 1. The van der Waals surface area contributed by atoms with E-state index in [-0.39, 0.29) is 0 Å². The monoisotopic (exact) mass is 237 g/mol. The van der Waals surface area contributed by atoms with Gasteiger partial charge in [-0.3, -0.25) is 0 Å². The molecule has 16 heavy (non-hydrogen) atoms. The lowest BCUT2D eigenvalue weighted by atomic mass is 10.0. The van der Waals surface area contributed by atoms with Gasteiger partial charge >= 0.3 is 0 Å². The fraction of sp³-hybridized carbons (Fsp3) is 0.571. The maximum absolute atomic E-state index is 6.09. The van der Waals surface area contributed by atoms with E-state index in [2.05, 4.69) is 30.4 Å². The molecule has 1 aliphatic rings. The Kier molecular flexibility index (Phi) is 3.56. The molecule has 1 N–H and O–H groups in total. The number of halogens is 1. The average molecular weight is 238 g/mol. The van der Waals surface area contributed by atoms with Crippen LogP contribution in [-0.2, 0) is 6.54 Å². The molecule has 1 aliphatic carbocycles. The summed E-state index contributed by atoms with van der Waals surface area (Å²) in [6, 6.07) is 6.31. The Bertz CT molecular complexity index is 369. The third kappa shape index (κ3) is 2.78. The first-order valence-corrected chi connectivity index (χ1v) is 6.49. The second-order valence-corrected chi connectivity index (χ2v) is 5.45. The lowest BCUT2D eigenvalue weighted by Gasteiger charge is -2.13. The van der Waals surface area contributed by atoms with Gasteiger partial charge in [-0.2, -0.15) is 0 Å². The van der Waals surface area contributed by atoms with E-state index in [1.54, 1.807) is 0 Å².